The molecule has 0 fully saturated rings. The Morgan fingerprint density at radius 3 is 2.24 bits per heavy atom. The van der Waals surface area contributed by atoms with Gasteiger partial charge in [0.15, 0.2) is 0 Å². The van der Waals surface area contributed by atoms with Crippen LogP contribution >= 0.6 is 0 Å². The standard InChI is InChI=1S/C20H17N/c1-14-11-12-20-17(13-14)16-8-4-6-10-19(16)21(20)18-9-5-3-7-15(18)2/h3-13H,1-2H3. The fourth-order valence-corrected chi connectivity index (χ4v) is 3.16. The summed E-state index contributed by atoms with van der Waals surface area (Å²) in [6.45, 7) is 4.32. The molecule has 0 atom stereocenters. The smallest absolute Gasteiger partial charge is 0.0541 e. The molecule has 0 N–H and O–H groups in total. The molecule has 0 aliphatic carbocycles. The van der Waals surface area contributed by atoms with Crippen LogP contribution in [0, 0.1) is 13.8 Å². The van der Waals surface area contributed by atoms with Crippen molar-refractivity contribution >= 4 is 21.8 Å². The lowest BCUT2D eigenvalue weighted by atomic mass is 10.1. The SMILES string of the molecule is Cc1ccc2c(c1)c1ccccc1n2-c1ccccc1C. The molecule has 3 aromatic carbocycles. The molecule has 4 aromatic rings. The normalized spacial score (nSPS) is 11.3. The zero-order chi connectivity index (χ0) is 14.4. The van der Waals surface area contributed by atoms with Gasteiger partial charge in [0.2, 0.25) is 0 Å². The van der Waals surface area contributed by atoms with E-state index in [0.717, 1.165) is 0 Å². The molecule has 0 spiro atoms. The van der Waals surface area contributed by atoms with Crippen molar-refractivity contribution in [3.05, 3.63) is 77.9 Å². The lowest BCUT2D eigenvalue weighted by Crippen LogP contribution is -1.96. The first-order valence-corrected chi connectivity index (χ1v) is 7.31. The number of hydrogen-bond donors (Lipinski definition) is 0. The van der Waals surface area contributed by atoms with Gasteiger partial charge in [0.1, 0.15) is 0 Å². The van der Waals surface area contributed by atoms with Gasteiger partial charge in [-0.2, -0.15) is 0 Å². The molecule has 0 aliphatic rings. The molecular weight excluding hydrogens is 254 g/mol. The number of rotatable bonds is 1. The first-order chi connectivity index (χ1) is 10.3. The van der Waals surface area contributed by atoms with Crippen LogP contribution in [0.3, 0.4) is 0 Å². The van der Waals surface area contributed by atoms with E-state index < -0.39 is 0 Å². The third-order valence-electron chi connectivity index (χ3n) is 4.18. The summed E-state index contributed by atoms with van der Waals surface area (Å²) >= 11 is 0. The fourth-order valence-electron chi connectivity index (χ4n) is 3.16. The molecule has 0 saturated heterocycles. The second kappa shape index (κ2) is 4.49. The van der Waals surface area contributed by atoms with Crippen molar-refractivity contribution in [1.82, 2.24) is 4.57 Å². The molecule has 0 saturated carbocycles. The molecule has 0 unspecified atom stereocenters. The Morgan fingerprint density at radius 2 is 1.38 bits per heavy atom. The number of fused-ring (bicyclic) bond motifs is 3. The van der Waals surface area contributed by atoms with Crippen LogP contribution in [0.15, 0.2) is 66.7 Å². The summed E-state index contributed by atoms with van der Waals surface area (Å²) in [5.41, 5.74) is 6.40. The number of aromatic nitrogens is 1. The second-order valence-electron chi connectivity index (χ2n) is 5.66. The lowest BCUT2D eigenvalue weighted by Gasteiger charge is -2.10. The Morgan fingerprint density at radius 1 is 0.667 bits per heavy atom. The van der Waals surface area contributed by atoms with E-state index in [1.54, 1.807) is 0 Å². The van der Waals surface area contributed by atoms with Gasteiger partial charge < -0.3 is 4.57 Å². The van der Waals surface area contributed by atoms with Crippen molar-refractivity contribution in [2.24, 2.45) is 0 Å². The first kappa shape index (κ1) is 12.2. The minimum Gasteiger partial charge on any atom is -0.309 e. The van der Waals surface area contributed by atoms with Crippen molar-refractivity contribution in [1.29, 1.82) is 0 Å². The molecule has 0 bridgehead atoms. The van der Waals surface area contributed by atoms with E-state index in [2.05, 4.69) is 85.1 Å². The largest absolute Gasteiger partial charge is 0.309 e. The maximum absolute atomic E-state index is 2.37. The molecule has 1 heterocycles. The molecular formula is C20H17N. The predicted octanol–water partition coefficient (Wildman–Crippen LogP) is 5.40. The Balaban J connectivity index is 2.23. The molecule has 0 amide bonds. The van der Waals surface area contributed by atoms with Crippen LogP contribution in [0.1, 0.15) is 11.1 Å². The summed E-state index contributed by atoms with van der Waals surface area (Å²) in [5.74, 6) is 0. The van der Waals surface area contributed by atoms with Gasteiger partial charge in [0.25, 0.3) is 0 Å². The highest BCUT2D eigenvalue weighted by molar-refractivity contribution is 6.09. The Labute approximate surface area is 124 Å². The van der Waals surface area contributed by atoms with E-state index in [-0.39, 0.29) is 0 Å². The third kappa shape index (κ3) is 1.78. The molecule has 4 rings (SSSR count). The van der Waals surface area contributed by atoms with Crippen LogP contribution in [0.2, 0.25) is 0 Å². The highest BCUT2D eigenvalue weighted by Gasteiger charge is 2.12. The van der Waals surface area contributed by atoms with Gasteiger partial charge in [-0.3, -0.25) is 0 Å². The third-order valence-corrected chi connectivity index (χ3v) is 4.18. The average molecular weight is 271 g/mol. The molecule has 102 valence electrons. The predicted molar refractivity (Wildman–Crippen MR) is 90.3 cm³/mol. The van der Waals surface area contributed by atoms with Crippen molar-refractivity contribution in [2.45, 2.75) is 13.8 Å². The van der Waals surface area contributed by atoms with Gasteiger partial charge in [-0.25, -0.2) is 0 Å². The van der Waals surface area contributed by atoms with Crippen molar-refractivity contribution in [3.63, 3.8) is 0 Å². The second-order valence-corrected chi connectivity index (χ2v) is 5.66. The van der Waals surface area contributed by atoms with Gasteiger partial charge >= 0.3 is 0 Å². The molecule has 1 nitrogen and oxygen atoms in total. The molecule has 1 aromatic heterocycles. The quantitative estimate of drug-likeness (QED) is 0.437. The topological polar surface area (TPSA) is 4.93 Å². The first-order valence-electron chi connectivity index (χ1n) is 7.31. The number of aryl methyl sites for hydroxylation is 2. The van der Waals surface area contributed by atoms with Crippen LogP contribution in [0.4, 0.5) is 0 Å². The van der Waals surface area contributed by atoms with Gasteiger partial charge in [-0.1, -0.05) is 48.0 Å². The van der Waals surface area contributed by atoms with Crippen molar-refractivity contribution < 1.29 is 0 Å². The Kier molecular flexibility index (Phi) is 2.61. The monoisotopic (exact) mass is 271 g/mol. The van der Waals surface area contributed by atoms with E-state index in [0.29, 0.717) is 0 Å². The zero-order valence-electron chi connectivity index (χ0n) is 12.3. The minimum absolute atomic E-state index is 1.26. The summed E-state index contributed by atoms with van der Waals surface area (Å²) < 4.78 is 2.37. The van der Waals surface area contributed by atoms with E-state index in [9.17, 15) is 0 Å². The van der Waals surface area contributed by atoms with Crippen LogP contribution in [-0.2, 0) is 0 Å². The van der Waals surface area contributed by atoms with E-state index in [4.69, 9.17) is 0 Å². The maximum atomic E-state index is 2.37. The van der Waals surface area contributed by atoms with Crippen LogP contribution in [-0.4, -0.2) is 4.57 Å². The van der Waals surface area contributed by atoms with Gasteiger partial charge in [0.05, 0.1) is 11.0 Å². The van der Waals surface area contributed by atoms with Crippen molar-refractivity contribution in [2.75, 3.05) is 0 Å². The van der Waals surface area contributed by atoms with Crippen LogP contribution in [0.25, 0.3) is 27.5 Å². The number of hydrogen-bond acceptors (Lipinski definition) is 0. The molecule has 21 heavy (non-hydrogen) atoms. The van der Waals surface area contributed by atoms with E-state index >= 15 is 0 Å². The number of nitrogens with zero attached hydrogens (tertiary/aromatic N) is 1. The summed E-state index contributed by atoms with van der Waals surface area (Å²) in [4.78, 5) is 0. The summed E-state index contributed by atoms with van der Waals surface area (Å²) in [5, 5.41) is 2.65. The van der Waals surface area contributed by atoms with E-state index in [1.165, 1.54) is 38.6 Å². The zero-order valence-corrected chi connectivity index (χ0v) is 12.3. The van der Waals surface area contributed by atoms with Crippen LogP contribution in [0.5, 0.6) is 0 Å². The Hall–Kier alpha value is -2.54. The van der Waals surface area contributed by atoms with Gasteiger partial charge in [-0.15, -0.1) is 0 Å². The highest BCUT2D eigenvalue weighted by atomic mass is 15.0. The average Bonchev–Trinajstić information content (AvgIpc) is 2.82. The summed E-state index contributed by atoms with van der Waals surface area (Å²) in [6, 6.07) is 23.9. The maximum Gasteiger partial charge on any atom is 0.0541 e. The number of para-hydroxylation sites is 2. The lowest BCUT2D eigenvalue weighted by molar-refractivity contribution is 1.15. The van der Waals surface area contributed by atoms with Gasteiger partial charge in [0, 0.05) is 16.5 Å². The van der Waals surface area contributed by atoms with Gasteiger partial charge in [-0.05, 0) is 43.7 Å². The fraction of sp³-hybridized carbons (Fsp3) is 0.100. The number of benzene rings is 3. The summed E-state index contributed by atoms with van der Waals surface area (Å²) in [6.07, 6.45) is 0. The minimum atomic E-state index is 1.26. The highest BCUT2D eigenvalue weighted by Crippen LogP contribution is 2.33. The van der Waals surface area contributed by atoms with E-state index in [1.807, 2.05) is 0 Å². The van der Waals surface area contributed by atoms with Crippen molar-refractivity contribution in [3.8, 4) is 5.69 Å². The van der Waals surface area contributed by atoms with Crippen LogP contribution < -0.4 is 0 Å². The molecule has 1 heteroatoms. The molecule has 0 aliphatic heterocycles. The summed E-state index contributed by atoms with van der Waals surface area (Å²) in [7, 11) is 0. The molecule has 0 radical (unpaired) electrons. The Bertz CT molecular complexity index is 960.